The van der Waals surface area contributed by atoms with Crippen LogP contribution in [-0.4, -0.2) is 115 Å². The van der Waals surface area contributed by atoms with Crippen LogP contribution >= 0.6 is 0 Å². The standard InChI is InChI=1S/C10H20O2.3C3H8O3/c1-2-3-4-5-6-7-8-9-10(11)12;3*4-1-3(6)2-5/h2-9H2,1H3,(H,11,12);3*3-6H,1-2H2. The van der Waals surface area contributed by atoms with E-state index in [1.807, 2.05) is 0 Å². The first-order valence-corrected chi connectivity index (χ1v) is 10.1. The van der Waals surface area contributed by atoms with Crippen LogP contribution in [0.2, 0.25) is 0 Å². The molecule has 0 atom stereocenters. The van der Waals surface area contributed by atoms with Gasteiger partial charge >= 0.3 is 5.97 Å². The van der Waals surface area contributed by atoms with E-state index in [1.165, 1.54) is 32.1 Å². The highest BCUT2D eigenvalue weighted by molar-refractivity contribution is 5.66. The molecule has 0 bridgehead atoms. The average molecular weight is 449 g/mol. The highest BCUT2D eigenvalue weighted by Gasteiger charge is 1.96. The molecule has 30 heavy (non-hydrogen) atoms. The van der Waals surface area contributed by atoms with Gasteiger partial charge in [0.15, 0.2) is 0 Å². The highest BCUT2D eigenvalue weighted by Crippen LogP contribution is 2.07. The van der Waals surface area contributed by atoms with E-state index in [2.05, 4.69) is 6.92 Å². The molecule has 11 heteroatoms. The van der Waals surface area contributed by atoms with Gasteiger partial charge in [0, 0.05) is 6.42 Å². The summed E-state index contributed by atoms with van der Waals surface area (Å²) in [5.41, 5.74) is 0. The number of hydrogen-bond acceptors (Lipinski definition) is 10. The third-order valence-electron chi connectivity index (χ3n) is 3.26. The molecule has 0 spiro atoms. The summed E-state index contributed by atoms with van der Waals surface area (Å²) in [5.74, 6) is -0.663. The van der Waals surface area contributed by atoms with Crippen molar-refractivity contribution in [2.24, 2.45) is 0 Å². The molecule has 0 radical (unpaired) electrons. The first-order chi connectivity index (χ1) is 14.2. The predicted octanol–water partition coefficient (Wildman–Crippen LogP) is -1.79. The molecule has 0 aliphatic rings. The lowest BCUT2D eigenvalue weighted by atomic mass is 10.1. The summed E-state index contributed by atoms with van der Waals surface area (Å²) in [6, 6.07) is 0. The summed E-state index contributed by atoms with van der Waals surface area (Å²) in [6.07, 6.45) is 5.78. The van der Waals surface area contributed by atoms with E-state index in [4.69, 9.17) is 51.1 Å². The quantitative estimate of drug-likeness (QED) is 0.134. The van der Waals surface area contributed by atoms with E-state index in [1.54, 1.807) is 0 Å². The van der Waals surface area contributed by atoms with E-state index in [-0.39, 0.29) is 39.6 Å². The zero-order valence-corrected chi connectivity index (χ0v) is 18.0. The van der Waals surface area contributed by atoms with Gasteiger partial charge in [-0.25, -0.2) is 0 Å². The Morgan fingerprint density at radius 3 is 1.03 bits per heavy atom. The van der Waals surface area contributed by atoms with Crippen molar-refractivity contribution in [3.05, 3.63) is 0 Å². The van der Waals surface area contributed by atoms with Crippen molar-refractivity contribution in [3.8, 4) is 0 Å². The minimum atomic E-state index is -0.954. The van der Waals surface area contributed by atoms with Crippen LogP contribution in [0.5, 0.6) is 0 Å². The molecule has 0 aliphatic carbocycles. The van der Waals surface area contributed by atoms with Crippen LogP contribution < -0.4 is 0 Å². The molecule has 0 aromatic rings. The monoisotopic (exact) mass is 448 g/mol. The van der Waals surface area contributed by atoms with Crippen LogP contribution in [0.4, 0.5) is 0 Å². The highest BCUT2D eigenvalue weighted by atomic mass is 16.4. The molecule has 11 nitrogen and oxygen atoms in total. The van der Waals surface area contributed by atoms with Crippen LogP contribution in [0.15, 0.2) is 0 Å². The van der Waals surface area contributed by atoms with Crippen molar-refractivity contribution in [2.75, 3.05) is 39.6 Å². The topological polar surface area (TPSA) is 219 Å². The van der Waals surface area contributed by atoms with Crippen molar-refractivity contribution in [1.29, 1.82) is 0 Å². The number of hydrogen-bond donors (Lipinski definition) is 10. The zero-order chi connectivity index (χ0) is 24.2. The summed E-state index contributed by atoms with van der Waals surface area (Å²) >= 11 is 0. The molecule has 0 aromatic heterocycles. The number of rotatable bonds is 14. The van der Waals surface area contributed by atoms with Gasteiger partial charge in [-0.05, 0) is 6.42 Å². The maximum absolute atomic E-state index is 10.1. The number of carboxylic acid groups (broad SMARTS) is 1. The number of aliphatic hydroxyl groups is 9. The molecule has 186 valence electrons. The number of carboxylic acids is 1. The second-order valence-corrected chi connectivity index (χ2v) is 6.32. The van der Waals surface area contributed by atoms with Crippen molar-refractivity contribution < 1.29 is 55.9 Å². The molecule has 0 aromatic carbocycles. The second kappa shape index (κ2) is 32.8. The van der Waals surface area contributed by atoms with Crippen molar-refractivity contribution >= 4 is 5.97 Å². The first-order valence-electron chi connectivity index (χ1n) is 10.1. The van der Waals surface area contributed by atoms with Gasteiger partial charge in [0.2, 0.25) is 0 Å². The fraction of sp³-hybridized carbons (Fsp3) is 0.947. The Kier molecular flexibility index (Phi) is 39.8. The fourth-order valence-electron chi connectivity index (χ4n) is 1.41. The summed E-state index contributed by atoms with van der Waals surface area (Å²) in [6.45, 7) is 0.0113. The summed E-state index contributed by atoms with van der Waals surface area (Å²) < 4.78 is 0. The van der Waals surface area contributed by atoms with Crippen LogP contribution in [0.3, 0.4) is 0 Å². The van der Waals surface area contributed by atoms with E-state index in [0.29, 0.717) is 6.42 Å². The normalized spacial score (nSPS) is 10.0. The molecule has 0 rings (SSSR count). The number of unbranched alkanes of at least 4 members (excludes halogenated alkanes) is 6. The van der Waals surface area contributed by atoms with Gasteiger partial charge in [-0.1, -0.05) is 45.4 Å². The van der Waals surface area contributed by atoms with E-state index in [0.717, 1.165) is 12.8 Å². The maximum Gasteiger partial charge on any atom is 0.303 e. The van der Waals surface area contributed by atoms with Gasteiger partial charge in [-0.15, -0.1) is 0 Å². The third-order valence-corrected chi connectivity index (χ3v) is 3.26. The minimum absolute atomic E-state index is 0.341. The molecule has 0 fully saturated rings. The predicted molar refractivity (Wildman–Crippen MR) is 111 cm³/mol. The van der Waals surface area contributed by atoms with Crippen LogP contribution in [0, 0.1) is 0 Å². The van der Waals surface area contributed by atoms with Gasteiger partial charge in [-0.2, -0.15) is 0 Å². The molecule has 0 heterocycles. The lowest BCUT2D eigenvalue weighted by molar-refractivity contribution is -0.137. The SMILES string of the molecule is CCCCCCCCCC(=O)O.OCC(O)CO.OCC(O)CO.OCC(O)CO. The first kappa shape index (κ1) is 36.5. The van der Waals surface area contributed by atoms with E-state index < -0.39 is 24.3 Å². The van der Waals surface area contributed by atoms with Gasteiger partial charge in [-0.3, -0.25) is 4.79 Å². The number of aliphatic hydroxyl groups excluding tert-OH is 9. The van der Waals surface area contributed by atoms with E-state index >= 15 is 0 Å². The van der Waals surface area contributed by atoms with Crippen LogP contribution in [-0.2, 0) is 4.79 Å². The van der Waals surface area contributed by atoms with Crippen molar-refractivity contribution in [1.82, 2.24) is 0 Å². The minimum Gasteiger partial charge on any atom is -0.481 e. The van der Waals surface area contributed by atoms with Gasteiger partial charge in [0.1, 0.15) is 18.3 Å². The van der Waals surface area contributed by atoms with E-state index in [9.17, 15) is 4.79 Å². The Morgan fingerprint density at radius 1 is 0.567 bits per heavy atom. The molecule has 0 aliphatic heterocycles. The molecule has 0 saturated heterocycles. The van der Waals surface area contributed by atoms with Crippen molar-refractivity contribution in [2.45, 2.75) is 76.6 Å². The smallest absolute Gasteiger partial charge is 0.303 e. The summed E-state index contributed by atoms with van der Waals surface area (Å²) in [7, 11) is 0. The Balaban J connectivity index is -0.000000161. The Labute approximate surface area is 178 Å². The van der Waals surface area contributed by atoms with Gasteiger partial charge in [0.05, 0.1) is 39.6 Å². The molecule has 0 saturated carbocycles. The molecular weight excluding hydrogens is 404 g/mol. The zero-order valence-electron chi connectivity index (χ0n) is 18.0. The average Bonchev–Trinajstić information content (AvgIpc) is 2.77. The second-order valence-electron chi connectivity index (χ2n) is 6.32. The van der Waals surface area contributed by atoms with Gasteiger partial charge < -0.3 is 51.1 Å². The number of carbonyl (C=O) groups is 1. The van der Waals surface area contributed by atoms with Gasteiger partial charge in [0.25, 0.3) is 0 Å². The van der Waals surface area contributed by atoms with Crippen LogP contribution in [0.1, 0.15) is 58.3 Å². The Bertz CT molecular complexity index is 270. The summed E-state index contributed by atoms with van der Waals surface area (Å²) in [4.78, 5) is 10.1. The molecule has 0 unspecified atom stereocenters. The largest absolute Gasteiger partial charge is 0.481 e. The maximum atomic E-state index is 10.1. The van der Waals surface area contributed by atoms with Crippen molar-refractivity contribution in [3.63, 3.8) is 0 Å². The Hall–Kier alpha value is -0.890. The molecule has 0 amide bonds. The van der Waals surface area contributed by atoms with Crippen LogP contribution in [0.25, 0.3) is 0 Å². The lowest BCUT2D eigenvalue weighted by Crippen LogP contribution is -2.15. The Morgan fingerprint density at radius 2 is 0.833 bits per heavy atom. The number of aliphatic carboxylic acids is 1. The summed E-state index contributed by atoms with van der Waals surface area (Å²) in [5, 5.41) is 80.4. The lowest BCUT2D eigenvalue weighted by Gasteiger charge is -1.98. The third kappa shape index (κ3) is 45.7. The fourth-order valence-corrected chi connectivity index (χ4v) is 1.41. The molecular formula is C19H44O11. The molecule has 10 N–H and O–H groups in total.